The van der Waals surface area contributed by atoms with Crippen molar-refractivity contribution in [3.05, 3.63) is 23.6 Å². The van der Waals surface area contributed by atoms with Crippen LogP contribution in [-0.2, 0) is 4.74 Å². The first-order valence-electron chi connectivity index (χ1n) is 4.68. The summed E-state index contributed by atoms with van der Waals surface area (Å²) in [6, 6.07) is 2.21. The molecule has 3 nitrogen and oxygen atoms in total. The summed E-state index contributed by atoms with van der Waals surface area (Å²) in [5, 5.41) is 8.75. The number of hydrogen-bond acceptors (Lipinski definition) is 3. The molecule has 1 atom stereocenters. The summed E-state index contributed by atoms with van der Waals surface area (Å²) in [6.45, 7) is 2.02. The lowest BCUT2D eigenvalue weighted by molar-refractivity contribution is 0.280. The minimum Gasteiger partial charge on any atom is -0.501 e. The van der Waals surface area contributed by atoms with E-state index in [1.807, 2.05) is 19.1 Å². The van der Waals surface area contributed by atoms with E-state index in [0.29, 0.717) is 6.42 Å². The highest BCUT2D eigenvalue weighted by molar-refractivity contribution is 5.63. The maximum Gasteiger partial charge on any atom is 0.0974 e. The van der Waals surface area contributed by atoms with E-state index in [-0.39, 0.29) is 5.92 Å². The largest absolute Gasteiger partial charge is 0.501 e. The predicted molar refractivity (Wildman–Crippen MR) is 55.7 cm³/mol. The van der Waals surface area contributed by atoms with Crippen LogP contribution in [0.3, 0.4) is 0 Å². The Bertz CT molecular complexity index is 315. The maximum atomic E-state index is 8.75. The van der Waals surface area contributed by atoms with Crippen molar-refractivity contribution in [1.29, 1.82) is 5.26 Å². The highest BCUT2D eigenvalue weighted by Gasteiger charge is 2.08. The Morgan fingerprint density at radius 1 is 1.86 bits per heavy atom. The van der Waals surface area contributed by atoms with Gasteiger partial charge in [-0.3, -0.25) is 4.99 Å². The SMILES string of the molecule is CC/C(=C\C1=CC(C#N)CC=N1)OC. The highest BCUT2D eigenvalue weighted by Crippen LogP contribution is 2.16. The molecule has 0 aromatic carbocycles. The molecule has 0 aliphatic carbocycles. The van der Waals surface area contributed by atoms with Gasteiger partial charge in [-0.05, 0) is 6.08 Å². The summed E-state index contributed by atoms with van der Waals surface area (Å²) in [5.74, 6) is 0.834. The number of nitrogens with zero attached hydrogens (tertiary/aromatic N) is 2. The first kappa shape index (κ1) is 10.5. The molecule has 0 radical (unpaired) electrons. The van der Waals surface area contributed by atoms with Crippen molar-refractivity contribution >= 4 is 6.21 Å². The third kappa shape index (κ3) is 2.74. The molecule has 0 saturated carbocycles. The number of nitriles is 1. The molecule has 74 valence electrons. The highest BCUT2D eigenvalue weighted by atomic mass is 16.5. The van der Waals surface area contributed by atoms with E-state index in [2.05, 4.69) is 11.1 Å². The summed E-state index contributed by atoms with van der Waals surface area (Å²) < 4.78 is 5.13. The van der Waals surface area contributed by atoms with Crippen LogP contribution in [0.1, 0.15) is 19.8 Å². The zero-order valence-corrected chi connectivity index (χ0v) is 8.53. The molecule has 1 unspecified atom stereocenters. The summed E-state index contributed by atoms with van der Waals surface area (Å²) in [5.41, 5.74) is 0.821. The quantitative estimate of drug-likeness (QED) is 0.641. The second kappa shape index (κ2) is 5.23. The molecule has 0 spiro atoms. The van der Waals surface area contributed by atoms with Gasteiger partial charge in [0.25, 0.3) is 0 Å². The standard InChI is InChI=1S/C11H14N2O/c1-3-11(14-2)7-10-6-9(8-12)4-5-13-10/h5-7,9H,3-4H2,1-2H3/b11-7+. The average molecular weight is 190 g/mol. The van der Waals surface area contributed by atoms with Crippen LogP contribution >= 0.6 is 0 Å². The molecule has 0 fully saturated rings. The normalized spacial score (nSPS) is 21.4. The third-order valence-corrected chi connectivity index (χ3v) is 2.06. The van der Waals surface area contributed by atoms with Crippen LogP contribution in [0.25, 0.3) is 0 Å². The number of methoxy groups -OCH3 is 1. The number of aliphatic imine (C=N–C) groups is 1. The van der Waals surface area contributed by atoms with Gasteiger partial charge >= 0.3 is 0 Å². The first-order valence-corrected chi connectivity index (χ1v) is 4.68. The van der Waals surface area contributed by atoms with Crippen molar-refractivity contribution in [3.63, 3.8) is 0 Å². The first-order chi connectivity index (χ1) is 6.80. The van der Waals surface area contributed by atoms with Crippen LogP contribution in [0, 0.1) is 17.2 Å². The molecular formula is C11H14N2O. The fraction of sp³-hybridized carbons (Fsp3) is 0.455. The van der Waals surface area contributed by atoms with E-state index in [9.17, 15) is 0 Å². The minimum atomic E-state index is -0.0475. The average Bonchev–Trinajstić information content (AvgIpc) is 2.26. The zero-order valence-electron chi connectivity index (χ0n) is 8.53. The smallest absolute Gasteiger partial charge is 0.0974 e. The lowest BCUT2D eigenvalue weighted by atomic mass is 10.0. The zero-order chi connectivity index (χ0) is 10.4. The minimum absolute atomic E-state index is 0.0475. The topological polar surface area (TPSA) is 45.4 Å². The van der Waals surface area contributed by atoms with Crippen LogP contribution in [0.2, 0.25) is 0 Å². The number of allylic oxidation sites excluding steroid dienone is 3. The molecular weight excluding hydrogens is 176 g/mol. The summed E-state index contributed by atoms with van der Waals surface area (Å²) in [4.78, 5) is 4.19. The maximum absolute atomic E-state index is 8.75. The molecule has 3 heteroatoms. The summed E-state index contributed by atoms with van der Waals surface area (Å²) >= 11 is 0. The number of ether oxygens (including phenoxy) is 1. The van der Waals surface area contributed by atoms with Gasteiger partial charge in [0.15, 0.2) is 0 Å². The van der Waals surface area contributed by atoms with Gasteiger partial charge in [0.05, 0.1) is 30.6 Å². The molecule has 1 aliphatic rings. The van der Waals surface area contributed by atoms with Gasteiger partial charge in [-0.15, -0.1) is 0 Å². The molecule has 1 rings (SSSR count). The fourth-order valence-corrected chi connectivity index (χ4v) is 1.23. The van der Waals surface area contributed by atoms with Gasteiger partial charge in [-0.2, -0.15) is 5.26 Å². The molecule has 0 aromatic rings. The van der Waals surface area contributed by atoms with Crippen LogP contribution in [0.5, 0.6) is 0 Å². The Balaban J connectivity index is 2.78. The lowest BCUT2D eigenvalue weighted by Crippen LogP contribution is -2.00. The van der Waals surface area contributed by atoms with Crippen molar-refractivity contribution in [2.24, 2.45) is 10.9 Å². The van der Waals surface area contributed by atoms with E-state index in [1.165, 1.54) is 0 Å². The van der Waals surface area contributed by atoms with Gasteiger partial charge in [0.2, 0.25) is 0 Å². The van der Waals surface area contributed by atoms with Gasteiger partial charge in [0.1, 0.15) is 0 Å². The Kier molecular flexibility index (Phi) is 3.93. The predicted octanol–water partition coefficient (Wildman–Crippen LogP) is 2.42. The van der Waals surface area contributed by atoms with Gasteiger partial charge in [-0.1, -0.05) is 6.92 Å². The van der Waals surface area contributed by atoms with Crippen LogP contribution in [0.4, 0.5) is 0 Å². The second-order valence-corrected chi connectivity index (χ2v) is 3.04. The third-order valence-electron chi connectivity index (χ3n) is 2.06. The van der Waals surface area contributed by atoms with E-state index in [0.717, 1.165) is 17.9 Å². The fourth-order valence-electron chi connectivity index (χ4n) is 1.23. The molecule has 0 bridgehead atoms. The molecule has 0 saturated heterocycles. The van der Waals surface area contributed by atoms with Crippen molar-refractivity contribution < 1.29 is 4.74 Å². The van der Waals surface area contributed by atoms with Gasteiger partial charge in [0, 0.05) is 25.1 Å². The van der Waals surface area contributed by atoms with Crippen LogP contribution in [-0.4, -0.2) is 13.3 Å². The van der Waals surface area contributed by atoms with E-state index < -0.39 is 0 Å². The monoisotopic (exact) mass is 190 g/mol. The molecule has 0 aromatic heterocycles. The van der Waals surface area contributed by atoms with Gasteiger partial charge in [-0.25, -0.2) is 0 Å². The summed E-state index contributed by atoms with van der Waals surface area (Å²) in [7, 11) is 1.64. The van der Waals surface area contributed by atoms with E-state index >= 15 is 0 Å². The second-order valence-electron chi connectivity index (χ2n) is 3.04. The lowest BCUT2D eigenvalue weighted by Gasteiger charge is -2.08. The molecule has 1 aliphatic heterocycles. The Labute approximate surface area is 84.4 Å². The van der Waals surface area contributed by atoms with E-state index in [1.54, 1.807) is 13.3 Å². The van der Waals surface area contributed by atoms with Crippen molar-refractivity contribution in [2.75, 3.05) is 7.11 Å². The summed E-state index contributed by atoms with van der Waals surface area (Å²) in [6.07, 6.45) is 7.07. The molecule has 1 heterocycles. The number of rotatable bonds is 3. The van der Waals surface area contributed by atoms with Crippen molar-refractivity contribution in [1.82, 2.24) is 0 Å². The Morgan fingerprint density at radius 3 is 3.21 bits per heavy atom. The van der Waals surface area contributed by atoms with Gasteiger partial charge < -0.3 is 4.74 Å². The van der Waals surface area contributed by atoms with Crippen molar-refractivity contribution in [2.45, 2.75) is 19.8 Å². The van der Waals surface area contributed by atoms with Crippen LogP contribution in [0.15, 0.2) is 28.6 Å². The number of hydrogen-bond donors (Lipinski definition) is 0. The Morgan fingerprint density at radius 2 is 2.64 bits per heavy atom. The Hall–Kier alpha value is -1.56. The molecule has 0 amide bonds. The van der Waals surface area contributed by atoms with Crippen molar-refractivity contribution in [3.8, 4) is 6.07 Å². The molecule has 14 heavy (non-hydrogen) atoms. The molecule has 0 N–H and O–H groups in total. The van der Waals surface area contributed by atoms with E-state index in [4.69, 9.17) is 10.00 Å². The van der Waals surface area contributed by atoms with Crippen LogP contribution < -0.4 is 0 Å².